The fourth-order valence-electron chi connectivity index (χ4n) is 2.22. The summed E-state index contributed by atoms with van der Waals surface area (Å²) in [5.74, 6) is 0.785. The lowest BCUT2D eigenvalue weighted by molar-refractivity contribution is 0.102. The largest absolute Gasteiger partial charge is 0.497 e. The molecule has 0 fully saturated rings. The van der Waals surface area contributed by atoms with E-state index >= 15 is 0 Å². The molecule has 0 unspecified atom stereocenters. The van der Waals surface area contributed by atoms with Gasteiger partial charge < -0.3 is 15.4 Å². The van der Waals surface area contributed by atoms with Crippen LogP contribution in [-0.2, 0) is 6.54 Å². The zero-order valence-electron chi connectivity index (χ0n) is 14.1. The maximum atomic E-state index is 12.4. The first-order chi connectivity index (χ1) is 12.6. The highest BCUT2D eigenvalue weighted by molar-refractivity contribution is 6.30. The van der Waals surface area contributed by atoms with Gasteiger partial charge in [-0.25, -0.2) is 9.97 Å². The van der Waals surface area contributed by atoms with Crippen LogP contribution in [-0.4, -0.2) is 23.0 Å². The first-order valence-electron chi connectivity index (χ1n) is 7.91. The Hall–Kier alpha value is -3.12. The van der Waals surface area contributed by atoms with E-state index in [1.165, 1.54) is 0 Å². The quantitative estimate of drug-likeness (QED) is 0.687. The summed E-state index contributed by atoms with van der Waals surface area (Å²) >= 11 is 5.87. The van der Waals surface area contributed by atoms with Crippen LogP contribution in [0.4, 0.5) is 11.6 Å². The Morgan fingerprint density at radius 2 is 1.81 bits per heavy atom. The van der Waals surface area contributed by atoms with Crippen molar-refractivity contribution in [2.75, 3.05) is 17.7 Å². The molecule has 1 heterocycles. The Labute approximate surface area is 156 Å². The van der Waals surface area contributed by atoms with Crippen molar-refractivity contribution in [1.29, 1.82) is 0 Å². The van der Waals surface area contributed by atoms with Crippen LogP contribution in [0.2, 0.25) is 5.02 Å². The summed E-state index contributed by atoms with van der Waals surface area (Å²) in [7, 11) is 1.59. The van der Waals surface area contributed by atoms with Crippen molar-refractivity contribution in [2.45, 2.75) is 6.54 Å². The monoisotopic (exact) mass is 368 g/mol. The minimum atomic E-state index is -0.313. The summed E-state index contributed by atoms with van der Waals surface area (Å²) in [5, 5.41) is 6.56. The molecule has 6 nitrogen and oxygen atoms in total. The van der Waals surface area contributed by atoms with E-state index in [1.807, 2.05) is 24.3 Å². The molecule has 0 saturated heterocycles. The second-order valence-corrected chi connectivity index (χ2v) is 5.86. The van der Waals surface area contributed by atoms with Crippen molar-refractivity contribution in [3.63, 3.8) is 0 Å². The van der Waals surface area contributed by atoms with E-state index in [4.69, 9.17) is 16.3 Å². The summed E-state index contributed by atoms with van der Waals surface area (Å²) in [4.78, 5) is 20.7. The van der Waals surface area contributed by atoms with E-state index in [1.54, 1.807) is 43.6 Å². The standard InChI is InChI=1S/C19H17ClN4O2/c1-26-16-8-6-15(7-9-16)23-18(25)17-10-11-21-19(24-17)22-12-13-2-4-14(20)5-3-13/h2-11H,12H2,1H3,(H,23,25)(H,21,22,24). The van der Waals surface area contributed by atoms with Crippen LogP contribution >= 0.6 is 11.6 Å². The van der Waals surface area contributed by atoms with Gasteiger partial charge in [-0.05, 0) is 48.0 Å². The normalized spacial score (nSPS) is 10.2. The molecule has 26 heavy (non-hydrogen) atoms. The Bertz CT molecular complexity index is 883. The first kappa shape index (κ1) is 17.7. The predicted octanol–water partition coefficient (Wildman–Crippen LogP) is 4.00. The molecule has 2 aromatic carbocycles. The number of ether oxygens (including phenoxy) is 1. The van der Waals surface area contributed by atoms with Crippen LogP contribution in [0.25, 0.3) is 0 Å². The van der Waals surface area contributed by atoms with E-state index in [9.17, 15) is 4.79 Å². The number of benzene rings is 2. The molecule has 0 radical (unpaired) electrons. The molecule has 3 aromatic rings. The van der Waals surface area contributed by atoms with Gasteiger partial charge in [-0.3, -0.25) is 4.79 Å². The van der Waals surface area contributed by atoms with Gasteiger partial charge in [-0.2, -0.15) is 0 Å². The molecule has 3 rings (SSSR count). The molecule has 0 atom stereocenters. The molecule has 7 heteroatoms. The fraction of sp³-hybridized carbons (Fsp3) is 0.105. The van der Waals surface area contributed by atoms with Crippen LogP contribution in [0, 0.1) is 0 Å². The number of hydrogen-bond acceptors (Lipinski definition) is 5. The minimum absolute atomic E-state index is 0.273. The Balaban J connectivity index is 1.63. The summed E-state index contributed by atoms with van der Waals surface area (Å²) < 4.78 is 5.10. The molecule has 132 valence electrons. The number of amides is 1. The third kappa shape index (κ3) is 4.70. The van der Waals surface area contributed by atoms with Gasteiger partial charge in [0.1, 0.15) is 11.4 Å². The zero-order valence-corrected chi connectivity index (χ0v) is 14.8. The number of nitrogens with zero attached hydrogens (tertiary/aromatic N) is 2. The number of nitrogens with one attached hydrogen (secondary N) is 2. The summed E-state index contributed by atoms with van der Waals surface area (Å²) in [6.07, 6.45) is 1.54. The fourth-order valence-corrected chi connectivity index (χ4v) is 2.35. The van der Waals surface area contributed by atoms with Crippen LogP contribution in [0.5, 0.6) is 5.75 Å². The second-order valence-electron chi connectivity index (χ2n) is 5.43. The molecule has 1 amide bonds. The average Bonchev–Trinajstić information content (AvgIpc) is 2.68. The lowest BCUT2D eigenvalue weighted by Gasteiger charge is -2.08. The van der Waals surface area contributed by atoms with Crippen molar-refractivity contribution in [2.24, 2.45) is 0 Å². The molecule has 0 aliphatic rings. The molecule has 0 aliphatic carbocycles. The number of carbonyl (C=O) groups is 1. The molecule has 0 spiro atoms. The molecular weight excluding hydrogens is 352 g/mol. The zero-order chi connectivity index (χ0) is 18.4. The van der Waals surface area contributed by atoms with Gasteiger partial charge in [-0.15, -0.1) is 0 Å². The van der Waals surface area contributed by atoms with Gasteiger partial charge >= 0.3 is 0 Å². The molecule has 0 bridgehead atoms. The third-order valence-corrected chi connectivity index (χ3v) is 3.85. The van der Waals surface area contributed by atoms with E-state index in [0.717, 1.165) is 11.3 Å². The number of halogens is 1. The topological polar surface area (TPSA) is 76.1 Å². The van der Waals surface area contributed by atoms with Crippen molar-refractivity contribution in [1.82, 2.24) is 9.97 Å². The van der Waals surface area contributed by atoms with E-state index < -0.39 is 0 Å². The molecule has 1 aromatic heterocycles. The SMILES string of the molecule is COc1ccc(NC(=O)c2ccnc(NCc3ccc(Cl)cc3)n2)cc1. The second kappa shape index (κ2) is 8.31. The van der Waals surface area contributed by atoms with Crippen LogP contribution in [0.1, 0.15) is 16.1 Å². The predicted molar refractivity (Wildman–Crippen MR) is 102 cm³/mol. The number of hydrogen-bond donors (Lipinski definition) is 2. The lowest BCUT2D eigenvalue weighted by atomic mass is 10.2. The molecular formula is C19H17ClN4O2. The average molecular weight is 369 g/mol. The Morgan fingerprint density at radius 3 is 2.50 bits per heavy atom. The van der Waals surface area contributed by atoms with Crippen molar-refractivity contribution in [3.05, 3.63) is 77.1 Å². The van der Waals surface area contributed by atoms with Gasteiger partial charge in [0.15, 0.2) is 0 Å². The first-order valence-corrected chi connectivity index (χ1v) is 8.28. The van der Waals surface area contributed by atoms with E-state index in [-0.39, 0.29) is 11.6 Å². The lowest BCUT2D eigenvalue weighted by Crippen LogP contribution is -2.15. The van der Waals surface area contributed by atoms with Crippen molar-refractivity contribution in [3.8, 4) is 5.75 Å². The summed E-state index contributed by atoms with van der Waals surface area (Å²) in [6, 6.07) is 16.1. The van der Waals surface area contributed by atoms with Gasteiger partial charge in [0.2, 0.25) is 5.95 Å². The number of methoxy groups -OCH3 is 1. The third-order valence-electron chi connectivity index (χ3n) is 3.60. The van der Waals surface area contributed by atoms with Gasteiger partial charge in [0.05, 0.1) is 7.11 Å². The van der Waals surface area contributed by atoms with Crippen molar-refractivity contribution < 1.29 is 9.53 Å². The van der Waals surface area contributed by atoms with Crippen molar-refractivity contribution >= 4 is 29.1 Å². The van der Waals surface area contributed by atoms with E-state index in [2.05, 4.69) is 20.6 Å². The smallest absolute Gasteiger partial charge is 0.274 e. The summed E-state index contributed by atoms with van der Waals surface area (Å²) in [6.45, 7) is 0.528. The van der Waals surface area contributed by atoms with Gasteiger partial charge in [0, 0.05) is 23.5 Å². The molecule has 2 N–H and O–H groups in total. The highest BCUT2D eigenvalue weighted by Gasteiger charge is 2.09. The minimum Gasteiger partial charge on any atom is -0.497 e. The number of carbonyl (C=O) groups excluding carboxylic acids is 1. The van der Waals surface area contributed by atoms with Crippen LogP contribution in [0.3, 0.4) is 0 Å². The van der Waals surface area contributed by atoms with E-state index in [0.29, 0.717) is 23.2 Å². The maximum Gasteiger partial charge on any atom is 0.274 e. The number of anilines is 2. The Morgan fingerprint density at radius 1 is 1.08 bits per heavy atom. The highest BCUT2D eigenvalue weighted by atomic mass is 35.5. The molecule has 0 saturated carbocycles. The summed E-state index contributed by atoms with van der Waals surface area (Å²) in [5.41, 5.74) is 1.96. The highest BCUT2D eigenvalue weighted by Crippen LogP contribution is 2.16. The number of aromatic nitrogens is 2. The number of rotatable bonds is 6. The molecule has 0 aliphatic heterocycles. The van der Waals surface area contributed by atoms with Crippen LogP contribution < -0.4 is 15.4 Å². The van der Waals surface area contributed by atoms with Gasteiger partial charge in [-0.1, -0.05) is 23.7 Å². The Kier molecular flexibility index (Phi) is 5.66. The maximum absolute atomic E-state index is 12.4. The van der Waals surface area contributed by atoms with Crippen LogP contribution in [0.15, 0.2) is 60.8 Å². The van der Waals surface area contributed by atoms with Gasteiger partial charge in [0.25, 0.3) is 5.91 Å².